The zero-order chi connectivity index (χ0) is 17.3. The van der Waals surface area contributed by atoms with Gasteiger partial charge in [0.2, 0.25) is 5.82 Å². The summed E-state index contributed by atoms with van der Waals surface area (Å²) < 4.78 is 41.5. The Balaban J connectivity index is 0.00000225. The first-order valence-electron chi connectivity index (χ1n) is 7.39. The number of alkyl halides is 3. The lowest BCUT2D eigenvalue weighted by atomic mass is 10.1. The number of benzene rings is 1. The largest absolute Gasteiger partial charge is 0.471 e. The zero-order valence-electron chi connectivity index (χ0n) is 12.9. The summed E-state index contributed by atoms with van der Waals surface area (Å²) in [4.78, 5) is 15.3. The molecule has 136 valence electrons. The summed E-state index contributed by atoms with van der Waals surface area (Å²) in [6.45, 7) is 0.394. The summed E-state index contributed by atoms with van der Waals surface area (Å²) in [5, 5.41) is 6.03. The Morgan fingerprint density at radius 3 is 2.48 bits per heavy atom. The van der Waals surface area contributed by atoms with Crippen LogP contribution in [0.25, 0.3) is 11.4 Å². The van der Waals surface area contributed by atoms with Crippen molar-refractivity contribution in [3.05, 3.63) is 35.7 Å². The predicted molar refractivity (Wildman–Crippen MR) is 85.0 cm³/mol. The third kappa shape index (κ3) is 4.70. The van der Waals surface area contributed by atoms with Gasteiger partial charge < -0.3 is 15.6 Å². The summed E-state index contributed by atoms with van der Waals surface area (Å²) in [5.41, 5.74) is 6.61. The van der Waals surface area contributed by atoms with E-state index in [1.807, 2.05) is 0 Å². The maximum absolute atomic E-state index is 12.4. The predicted octanol–water partition coefficient (Wildman–Crippen LogP) is 2.64. The van der Waals surface area contributed by atoms with Gasteiger partial charge in [-0.15, -0.1) is 12.4 Å². The standard InChI is InChI=1S/C15H15F3N4O2.ClH/c16-15(17,18)14-21-12(22-24-14)9-3-5-10(6-4-9)13(23)20-7-11(19)8-1-2-8;/h3-6,8,11H,1-2,7,19H2,(H,20,23);1H. The van der Waals surface area contributed by atoms with Gasteiger partial charge in [0.15, 0.2) is 0 Å². The van der Waals surface area contributed by atoms with E-state index in [1.165, 1.54) is 24.3 Å². The van der Waals surface area contributed by atoms with E-state index in [1.54, 1.807) is 0 Å². The molecule has 0 spiro atoms. The molecule has 10 heteroatoms. The molecule has 25 heavy (non-hydrogen) atoms. The molecule has 6 nitrogen and oxygen atoms in total. The van der Waals surface area contributed by atoms with Crippen molar-refractivity contribution in [3.8, 4) is 11.4 Å². The topological polar surface area (TPSA) is 94.0 Å². The van der Waals surface area contributed by atoms with Crippen LogP contribution in [0.1, 0.15) is 29.1 Å². The third-order valence-electron chi connectivity index (χ3n) is 3.80. The van der Waals surface area contributed by atoms with E-state index in [4.69, 9.17) is 5.73 Å². The van der Waals surface area contributed by atoms with Gasteiger partial charge in [-0.3, -0.25) is 4.79 Å². The first-order valence-corrected chi connectivity index (χ1v) is 7.39. The Kier molecular flexibility index (Phi) is 5.69. The number of nitrogens with two attached hydrogens (primary N) is 1. The number of carbonyl (C=O) groups excluding carboxylic acids is 1. The summed E-state index contributed by atoms with van der Waals surface area (Å²) in [5.74, 6) is -1.41. The lowest BCUT2D eigenvalue weighted by molar-refractivity contribution is -0.159. The molecular weight excluding hydrogens is 361 g/mol. The van der Waals surface area contributed by atoms with Gasteiger partial charge in [-0.25, -0.2) is 0 Å². The minimum absolute atomic E-state index is 0. The average molecular weight is 377 g/mol. The number of rotatable bonds is 5. The molecule has 1 aliphatic rings. The highest BCUT2D eigenvalue weighted by Gasteiger charge is 2.38. The minimum Gasteiger partial charge on any atom is -0.350 e. The van der Waals surface area contributed by atoms with E-state index in [-0.39, 0.29) is 30.2 Å². The van der Waals surface area contributed by atoms with Crippen molar-refractivity contribution in [1.29, 1.82) is 0 Å². The molecule has 2 aromatic rings. The van der Waals surface area contributed by atoms with Crippen LogP contribution in [0.2, 0.25) is 0 Å². The Labute approximate surface area is 147 Å². The van der Waals surface area contributed by atoms with Crippen molar-refractivity contribution in [2.45, 2.75) is 25.1 Å². The Bertz CT molecular complexity index is 729. The normalized spacial score (nSPS) is 15.4. The lowest BCUT2D eigenvalue weighted by Gasteiger charge is -2.11. The quantitative estimate of drug-likeness (QED) is 0.836. The highest BCUT2D eigenvalue weighted by Crippen LogP contribution is 2.31. The molecule has 0 saturated heterocycles. The van der Waals surface area contributed by atoms with Crippen LogP contribution in [-0.2, 0) is 6.18 Å². The Morgan fingerprint density at radius 2 is 1.96 bits per heavy atom. The van der Waals surface area contributed by atoms with E-state index in [0.29, 0.717) is 23.6 Å². The fourth-order valence-electron chi connectivity index (χ4n) is 2.23. The van der Waals surface area contributed by atoms with Gasteiger partial charge in [-0.1, -0.05) is 17.3 Å². The van der Waals surface area contributed by atoms with Crippen LogP contribution in [0, 0.1) is 5.92 Å². The maximum Gasteiger partial charge on any atom is 0.471 e. The van der Waals surface area contributed by atoms with Crippen molar-refractivity contribution in [2.75, 3.05) is 6.54 Å². The second-order valence-corrected chi connectivity index (χ2v) is 5.71. The number of hydrogen-bond acceptors (Lipinski definition) is 5. The van der Waals surface area contributed by atoms with Crippen LogP contribution in [0.5, 0.6) is 0 Å². The van der Waals surface area contributed by atoms with Gasteiger partial charge >= 0.3 is 12.1 Å². The molecule has 3 N–H and O–H groups in total. The number of amides is 1. The molecule has 1 amide bonds. The lowest BCUT2D eigenvalue weighted by Crippen LogP contribution is -2.38. The van der Waals surface area contributed by atoms with Gasteiger partial charge in [0.25, 0.3) is 5.91 Å². The van der Waals surface area contributed by atoms with E-state index in [9.17, 15) is 18.0 Å². The summed E-state index contributed by atoms with van der Waals surface area (Å²) in [6.07, 6.45) is -2.50. The SMILES string of the molecule is Cl.NC(CNC(=O)c1ccc(-c2noc(C(F)(F)F)n2)cc1)C1CC1. The summed E-state index contributed by atoms with van der Waals surface area (Å²) in [6, 6.07) is 5.84. The second kappa shape index (κ2) is 7.40. The van der Waals surface area contributed by atoms with E-state index < -0.39 is 12.1 Å². The van der Waals surface area contributed by atoms with Crippen LogP contribution in [0.3, 0.4) is 0 Å². The minimum atomic E-state index is -4.69. The number of hydrogen-bond donors (Lipinski definition) is 2. The van der Waals surface area contributed by atoms with Crippen molar-refractivity contribution < 1.29 is 22.5 Å². The molecule has 1 heterocycles. The smallest absolute Gasteiger partial charge is 0.350 e. The maximum atomic E-state index is 12.4. The highest BCUT2D eigenvalue weighted by atomic mass is 35.5. The molecule has 1 fully saturated rings. The van der Waals surface area contributed by atoms with Crippen molar-refractivity contribution in [3.63, 3.8) is 0 Å². The van der Waals surface area contributed by atoms with Crippen LogP contribution >= 0.6 is 12.4 Å². The van der Waals surface area contributed by atoms with Crippen LogP contribution in [-0.4, -0.2) is 28.6 Å². The van der Waals surface area contributed by atoms with E-state index in [2.05, 4.69) is 20.0 Å². The molecule has 1 unspecified atom stereocenters. The monoisotopic (exact) mass is 376 g/mol. The molecule has 1 saturated carbocycles. The molecule has 3 rings (SSSR count). The van der Waals surface area contributed by atoms with Gasteiger partial charge in [0, 0.05) is 23.7 Å². The molecule has 1 atom stereocenters. The molecule has 0 bridgehead atoms. The third-order valence-corrected chi connectivity index (χ3v) is 3.80. The second-order valence-electron chi connectivity index (χ2n) is 5.71. The van der Waals surface area contributed by atoms with Crippen molar-refractivity contribution in [2.24, 2.45) is 11.7 Å². The first kappa shape index (κ1) is 19.2. The summed E-state index contributed by atoms with van der Waals surface area (Å²) in [7, 11) is 0. The van der Waals surface area contributed by atoms with Crippen molar-refractivity contribution in [1.82, 2.24) is 15.5 Å². The number of nitrogens with zero attached hydrogens (tertiary/aromatic N) is 2. The summed E-state index contributed by atoms with van der Waals surface area (Å²) >= 11 is 0. The first-order chi connectivity index (χ1) is 11.3. The average Bonchev–Trinajstić information content (AvgIpc) is 3.27. The van der Waals surface area contributed by atoms with E-state index >= 15 is 0 Å². The fourth-order valence-corrected chi connectivity index (χ4v) is 2.23. The molecule has 1 aliphatic carbocycles. The van der Waals surface area contributed by atoms with Gasteiger partial charge in [0.05, 0.1) is 0 Å². The number of aromatic nitrogens is 2. The number of carbonyl (C=O) groups is 1. The Hall–Kier alpha value is -2.13. The fraction of sp³-hybridized carbons (Fsp3) is 0.400. The highest BCUT2D eigenvalue weighted by molar-refractivity contribution is 5.94. The molecular formula is C15H16ClF3N4O2. The van der Waals surface area contributed by atoms with Gasteiger partial charge in [-0.05, 0) is 30.9 Å². The molecule has 1 aromatic carbocycles. The number of halogens is 4. The Morgan fingerprint density at radius 1 is 1.32 bits per heavy atom. The van der Waals surface area contributed by atoms with E-state index in [0.717, 1.165) is 12.8 Å². The number of nitrogens with one attached hydrogen (secondary N) is 1. The van der Waals surface area contributed by atoms with Crippen LogP contribution in [0.4, 0.5) is 13.2 Å². The molecule has 1 aromatic heterocycles. The van der Waals surface area contributed by atoms with Crippen molar-refractivity contribution >= 4 is 18.3 Å². The van der Waals surface area contributed by atoms with Crippen LogP contribution < -0.4 is 11.1 Å². The van der Waals surface area contributed by atoms with Crippen LogP contribution in [0.15, 0.2) is 28.8 Å². The van der Waals surface area contributed by atoms with Gasteiger partial charge in [-0.2, -0.15) is 18.2 Å². The zero-order valence-corrected chi connectivity index (χ0v) is 13.7. The molecule has 0 radical (unpaired) electrons. The molecule has 0 aliphatic heterocycles. The van der Waals surface area contributed by atoms with Gasteiger partial charge in [0.1, 0.15) is 0 Å².